The van der Waals surface area contributed by atoms with Crippen LogP contribution in [0.25, 0.3) is 0 Å². The van der Waals surface area contributed by atoms with Crippen molar-refractivity contribution in [1.29, 1.82) is 5.26 Å². The fourth-order valence-electron chi connectivity index (χ4n) is 1.46. The van der Waals surface area contributed by atoms with Gasteiger partial charge in [0.15, 0.2) is 0 Å². The zero-order valence-electron chi connectivity index (χ0n) is 9.21. The first-order chi connectivity index (χ1) is 7.67. The molecule has 0 heterocycles. The van der Waals surface area contributed by atoms with E-state index >= 15 is 0 Å². The van der Waals surface area contributed by atoms with Crippen LogP contribution in [0, 0.1) is 17.1 Å². The van der Waals surface area contributed by atoms with Crippen LogP contribution in [0.4, 0.5) is 4.39 Å². The van der Waals surface area contributed by atoms with E-state index in [1.54, 1.807) is 12.1 Å². The second kappa shape index (κ2) is 6.62. The monoisotopic (exact) mass is 284 g/mol. The Morgan fingerprint density at radius 1 is 1.50 bits per heavy atom. The molecule has 0 aromatic heterocycles. The molecule has 0 saturated carbocycles. The van der Waals surface area contributed by atoms with E-state index in [4.69, 9.17) is 5.26 Å². The second-order valence-corrected chi connectivity index (χ2v) is 4.43. The first kappa shape index (κ1) is 13.1. The van der Waals surface area contributed by atoms with Crippen LogP contribution in [-0.2, 0) is 6.54 Å². The normalized spacial score (nSPS) is 10.4. The summed E-state index contributed by atoms with van der Waals surface area (Å²) in [7, 11) is 0. The Balaban J connectivity index is 2.70. The van der Waals surface area contributed by atoms with Crippen molar-refractivity contribution in [3.05, 3.63) is 34.1 Å². The Morgan fingerprint density at radius 2 is 2.25 bits per heavy atom. The van der Waals surface area contributed by atoms with Gasteiger partial charge in [-0.15, -0.1) is 0 Å². The molecule has 4 heteroatoms. The van der Waals surface area contributed by atoms with E-state index in [2.05, 4.69) is 22.0 Å². The van der Waals surface area contributed by atoms with Gasteiger partial charge in [-0.2, -0.15) is 5.26 Å². The van der Waals surface area contributed by atoms with Gasteiger partial charge in [-0.3, -0.25) is 4.90 Å². The van der Waals surface area contributed by atoms with Gasteiger partial charge in [-0.25, -0.2) is 4.39 Å². The molecule has 1 aromatic rings. The third-order valence-electron chi connectivity index (χ3n) is 2.39. The van der Waals surface area contributed by atoms with Gasteiger partial charge in [0.25, 0.3) is 0 Å². The average molecular weight is 285 g/mol. The molecule has 0 fully saturated rings. The molecule has 0 radical (unpaired) electrons. The Bertz CT molecular complexity index is 387. The van der Waals surface area contributed by atoms with E-state index in [0.717, 1.165) is 11.0 Å². The first-order valence-corrected chi connectivity index (χ1v) is 6.00. The van der Waals surface area contributed by atoms with Crippen LogP contribution in [-0.4, -0.2) is 18.0 Å². The Morgan fingerprint density at radius 3 is 2.88 bits per heavy atom. The van der Waals surface area contributed by atoms with Gasteiger partial charge in [0.05, 0.1) is 6.07 Å². The lowest BCUT2D eigenvalue weighted by atomic mass is 10.2. The zero-order valence-corrected chi connectivity index (χ0v) is 10.8. The van der Waals surface area contributed by atoms with Gasteiger partial charge in [0.1, 0.15) is 5.82 Å². The van der Waals surface area contributed by atoms with Crippen molar-refractivity contribution in [3.63, 3.8) is 0 Å². The molecular formula is C12H14BrFN2. The summed E-state index contributed by atoms with van der Waals surface area (Å²) < 4.78 is 14.4. The van der Waals surface area contributed by atoms with Gasteiger partial charge in [-0.1, -0.05) is 22.9 Å². The molecule has 0 saturated heterocycles. The highest BCUT2D eigenvalue weighted by Crippen LogP contribution is 2.17. The average Bonchev–Trinajstić information content (AvgIpc) is 2.28. The molecule has 86 valence electrons. The number of rotatable bonds is 5. The summed E-state index contributed by atoms with van der Waals surface area (Å²) in [6, 6.07) is 7.02. The van der Waals surface area contributed by atoms with Crippen molar-refractivity contribution in [1.82, 2.24) is 4.90 Å². The van der Waals surface area contributed by atoms with Crippen LogP contribution in [0.2, 0.25) is 0 Å². The lowest BCUT2D eigenvalue weighted by Crippen LogP contribution is -2.24. The number of hydrogen-bond acceptors (Lipinski definition) is 2. The van der Waals surface area contributed by atoms with E-state index < -0.39 is 0 Å². The SMILES string of the molecule is CCN(CCC#N)Cc1cc(Br)ccc1F. The van der Waals surface area contributed by atoms with Gasteiger partial charge in [-0.05, 0) is 24.7 Å². The van der Waals surface area contributed by atoms with Crippen molar-refractivity contribution < 1.29 is 4.39 Å². The topological polar surface area (TPSA) is 27.0 Å². The zero-order chi connectivity index (χ0) is 12.0. The molecule has 16 heavy (non-hydrogen) atoms. The van der Waals surface area contributed by atoms with E-state index in [-0.39, 0.29) is 5.82 Å². The second-order valence-electron chi connectivity index (χ2n) is 3.51. The van der Waals surface area contributed by atoms with Crippen LogP contribution in [0.5, 0.6) is 0 Å². The maximum Gasteiger partial charge on any atom is 0.127 e. The summed E-state index contributed by atoms with van der Waals surface area (Å²) in [4.78, 5) is 2.05. The molecule has 0 aliphatic heterocycles. The maximum absolute atomic E-state index is 13.5. The van der Waals surface area contributed by atoms with Gasteiger partial charge in [0, 0.05) is 29.5 Å². The summed E-state index contributed by atoms with van der Waals surface area (Å²) in [6.45, 7) is 4.04. The number of halogens is 2. The van der Waals surface area contributed by atoms with Crippen LogP contribution in [0.15, 0.2) is 22.7 Å². The van der Waals surface area contributed by atoms with Crippen molar-refractivity contribution in [3.8, 4) is 6.07 Å². The molecular weight excluding hydrogens is 271 g/mol. The Kier molecular flexibility index (Phi) is 5.44. The highest BCUT2D eigenvalue weighted by molar-refractivity contribution is 9.10. The highest BCUT2D eigenvalue weighted by atomic mass is 79.9. The summed E-state index contributed by atoms with van der Waals surface area (Å²) in [6.07, 6.45) is 0.476. The van der Waals surface area contributed by atoms with Crippen LogP contribution in [0.3, 0.4) is 0 Å². The van der Waals surface area contributed by atoms with Crippen LogP contribution < -0.4 is 0 Å². The van der Waals surface area contributed by atoms with Gasteiger partial charge in [0.2, 0.25) is 0 Å². The summed E-state index contributed by atoms with van der Waals surface area (Å²) >= 11 is 3.32. The van der Waals surface area contributed by atoms with Crippen molar-refractivity contribution >= 4 is 15.9 Å². The number of nitriles is 1. The number of hydrogen-bond donors (Lipinski definition) is 0. The van der Waals surface area contributed by atoms with Crippen LogP contribution >= 0.6 is 15.9 Å². The molecule has 0 amide bonds. The minimum atomic E-state index is -0.196. The Hall–Kier alpha value is -0.920. The third-order valence-corrected chi connectivity index (χ3v) is 2.88. The smallest absolute Gasteiger partial charge is 0.127 e. The lowest BCUT2D eigenvalue weighted by Gasteiger charge is -2.19. The lowest BCUT2D eigenvalue weighted by molar-refractivity contribution is 0.282. The third kappa shape index (κ3) is 3.92. The predicted molar refractivity (Wildman–Crippen MR) is 65.3 cm³/mol. The Labute approximate surface area is 104 Å². The molecule has 0 aliphatic carbocycles. The molecule has 1 aromatic carbocycles. The van der Waals surface area contributed by atoms with Crippen molar-refractivity contribution in [2.24, 2.45) is 0 Å². The van der Waals surface area contributed by atoms with Gasteiger partial charge >= 0.3 is 0 Å². The standard InChI is InChI=1S/C12H14BrFN2/c1-2-16(7-3-6-15)9-10-8-11(13)4-5-12(10)14/h4-5,8H,2-3,7,9H2,1H3. The molecule has 0 atom stereocenters. The highest BCUT2D eigenvalue weighted by Gasteiger charge is 2.08. The molecule has 2 nitrogen and oxygen atoms in total. The largest absolute Gasteiger partial charge is 0.298 e. The van der Waals surface area contributed by atoms with Crippen LogP contribution in [0.1, 0.15) is 18.9 Å². The van der Waals surface area contributed by atoms with Crippen molar-refractivity contribution in [2.45, 2.75) is 19.9 Å². The van der Waals surface area contributed by atoms with Gasteiger partial charge < -0.3 is 0 Å². The summed E-state index contributed by atoms with van der Waals surface area (Å²) in [5.74, 6) is -0.196. The minimum Gasteiger partial charge on any atom is -0.298 e. The molecule has 0 spiro atoms. The quantitative estimate of drug-likeness (QED) is 0.829. The van der Waals surface area contributed by atoms with Crippen molar-refractivity contribution in [2.75, 3.05) is 13.1 Å². The molecule has 1 rings (SSSR count). The predicted octanol–water partition coefficient (Wildman–Crippen LogP) is 3.32. The summed E-state index contributed by atoms with van der Waals surface area (Å²) in [5, 5.41) is 8.52. The fraction of sp³-hybridized carbons (Fsp3) is 0.417. The van der Waals surface area contributed by atoms with E-state index in [9.17, 15) is 4.39 Å². The fourth-order valence-corrected chi connectivity index (χ4v) is 1.87. The van der Waals surface area contributed by atoms with E-state index in [1.165, 1.54) is 6.07 Å². The first-order valence-electron chi connectivity index (χ1n) is 5.20. The number of nitrogens with zero attached hydrogens (tertiary/aromatic N) is 2. The minimum absolute atomic E-state index is 0.196. The maximum atomic E-state index is 13.5. The molecule has 0 aliphatic rings. The summed E-state index contributed by atoms with van der Waals surface area (Å²) in [5.41, 5.74) is 0.661. The molecule has 0 unspecified atom stereocenters. The number of benzene rings is 1. The molecule has 0 bridgehead atoms. The molecule has 0 N–H and O–H groups in total. The van der Waals surface area contributed by atoms with E-state index in [0.29, 0.717) is 25.1 Å². The van der Waals surface area contributed by atoms with E-state index in [1.807, 2.05) is 11.8 Å².